The van der Waals surface area contributed by atoms with Crippen LogP contribution in [0.5, 0.6) is 5.75 Å². The molecule has 0 spiro atoms. The van der Waals surface area contributed by atoms with Gasteiger partial charge in [-0.15, -0.1) is 0 Å². The molecule has 2 fully saturated rings. The Bertz CT molecular complexity index is 1310. The third kappa shape index (κ3) is 3.04. The summed E-state index contributed by atoms with van der Waals surface area (Å²) in [7, 11) is 4.84. The molecule has 2 aliphatic rings. The van der Waals surface area contributed by atoms with Crippen molar-refractivity contribution in [3.8, 4) is 17.6 Å². The minimum absolute atomic E-state index is 0.226. The van der Waals surface area contributed by atoms with Crippen molar-refractivity contribution >= 4 is 22.9 Å². The third-order valence-electron chi connectivity index (χ3n) is 6.72. The number of hydrogen-bond donors (Lipinski definition) is 4. The largest absolute Gasteiger partial charge is 0.495 e. The number of hydrogen-bond acceptors (Lipinski definition) is 8. The Balaban J connectivity index is 1.58. The summed E-state index contributed by atoms with van der Waals surface area (Å²) in [5.41, 5.74) is 0.696. The van der Waals surface area contributed by atoms with Gasteiger partial charge in [0, 0.05) is 20.0 Å². The zero-order chi connectivity index (χ0) is 23.3. The number of anilines is 1. The maximum atomic E-state index is 12.5. The van der Waals surface area contributed by atoms with E-state index in [1.807, 2.05) is 24.3 Å². The molecule has 2 aromatic heterocycles. The summed E-state index contributed by atoms with van der Waals surface area (Å²) in [6.45, 7) is 0. The van der Waals surface area contributed by atoms with Crippen LogP contribution in [-0.2, 0) is 4.79 Å². The van der Waals surface area contributed by atoms with E-state index in [1.165, 1.54) is 7.05 Å². The summed E-state index contributed by atoms with van der Waals surface area (Å²) in [5, 5.41) is 27.1. The molecule has 0 aliphatic heterocycles. The van der Waals surface area contributed by atoms with Crippen LogP contribution < -0.4 is 15.4 Å². The van der Waals surface area contributed by atoms with Crippen LogP contribution in [0.25, 0.3) is 11.2 Å². The Hall–Kier alpha value is -3.68. The zero-order valence-corrected chi connectivity index (χ0v) is 18.4. The van der Waals surface area contributed by atoms with Crippen molar-refractivity contribution in [1.29, 1.82) is 0 Å². The van der Waals surface area contributed by atoms with Gasteiger partial charge in [0.05, 0.1) is 36.6 Å². The highest BCUT2D eigenvalue weighted by atomic mass is 16.5. The molecule has 3 aromatic rings. The number of aliphatic hydroxyl groups excluding tert-OH is 2. The molecule has 1 amide bonds. The van der Waals surface area contributed by atoms with Crippen molar-refractivity contribution in [2.24, 2.45) is 11.3 Å². The van der Waals surface area contributed by atoms with Gasteiger partial charge < -0.3 is 30.2 Å². The molecule has 4 N–H and O–H groups in total. The van der Waals surface area contributed by atoms with Crippen LogP contribution >= 0.6 is 0 Å². The monoisotopic (exact) mass is 448 g/mol. The smallest absolute Gasteiger partial charge is 0.229 e. The molecule has 2 heterocycles. The fourth-order valence-electron chi connectivity index (χ4n) is 5.02. The lowest BCUT2D eigenvalue weighted by atomic mass is 9.98. The highest BCUT2D eigenvalue weighted by Crippen LogP contribution is 2.67. The predicted octanol–water partition coefficient (Wildman–Crippen LogP) is 0.305. The third-order valence-corrected chi connectivity index (χ3v) is 6.72. The number of nitrogens with zero attached hydrogens (tertiary/aromatic N) is 4. The molecule has 2 aliphatic carbocycles. The molecule has 0 bridgehead atoms. The van der Waals surface area contributed by atoms with E-state index in [0.29, 0.717) is 34.7 Å². The van der Waals surface area contributed by atoms with Crippen LogP contribution in [0.3, 0.4) is 0 Å². The molecule has 1 aromatic carbocycles. The Kier molecular flexibility index (Phi) is 4.96. The van der Waals surface area contributed by atoms with E-state index in [1.54, 1.807) is 25.1 Å². The molecule has 2 saturated carbocycles. The summed E-state index contributed by atoms with van der Waals surface area (Å²) >= 11 is 0. The Morgan fingerprint density at radius 3 is 2.76 bits per heavy atom. The van der Waals surface area contributed by atoms with E-state index < -0.39 is 23.7 Å². The molecule has 10 nitrogen and oxygen atoms in total. The lowest BCUT2D eigenvalue weighted by Crippen LogP contribution is -2.41. The SMILES string of the molecule is CNC(=O)[C@]12CC1[C@@H](n1cnc3c(NC)nc(C#Cc4ccccc4OC)nc31)[C@H](O)C2O. The van der Waals surface area contributed by atoms with Crippen LogP contribution in [0.2, 0.25) is 0 Å². The minimum atomic E-state index is -1.17. The van der Waals surface area contributed by atoms with E-state index in [2.05, 4.69) is 37.4 Å². The van der Waals surface area contributed by atoms with E-state index in [0.717, 1.165) is 0 Å². The number of aromatic nitrogens is 4. The van der Waals surface area contributed by atoms with Crippen LogP contribution in [-0.4, -0.2) is 69.1 Å². The van der Waals surface area contributed by atoms with Gasteiger partial charge in [-0.3, -0.25) is 4.79 Å². The predicted molar refractivity (Wildman–Crippen MR) is 120 cm³/mol. The van der Waals surface area contributed by atoms with Crippen molar-refractivity contribution in [2.45, 2.75) is 24.7 Å². The first-order chi connectivity index (χ1) is 16.0. The molecule has 5 rings (SSSR count). The summed E-state index contributed by atoms with van der Waals surface area (Å²) in [6, 6.07) is 6.85. The maximum absolute atomic E-state index is 12.5. The molecule has 170 valence electrons. The summed E-state index contributed by atoms with van der Waals surface area (Å²) in [5.74, 6) is 6.93. The highest BCUT2D eigenvalue weighted by molar-refractivity contribution is 5.88. The van der Waals surface area contributed by atoms with Crippen LogP contribution in [0.1, 0.15) is 23.9 Å². The van der Waals surface area contributed by atoms with E-state index in [4.69, 9.17) is 4.74 Å². The van der Waals surface area contributed by atoms with Crippen molar-refractivity contribution in [3.05, 3.63) is 42.0 Å². The number of amides is 1. The Labute approximate surface area is 190 Å². The van der Waals surface area contributed by atoms with E-state index >= 15 is 0 Å². The molecule has 5 atom stereocenters. The molecular formula is C23H24N6O4. The number of carbonyl (C=O) groups is 1. The van der Waals surface area contributed by atoms with Crippen LogP contribution in [0.4, 0.5) is 5.82 Å². The molecular weight excluding hydrogens is 424 g/mol. The number of carbonyl (C=O) groups excluding carboxylic acids is 1. The Morgan fingerprint density at radius 1 is 1.24 bits per heavy atom. The van der Waals surface area contributed by atoms with Gasteiger partial charge in [0.2, 0.25) is 11.7 Å². The van der Waals surface area contributed by atoms with Crippen LogP contribution in [0, 0.1) is 23.2 Å². The van der Waals surface area contributed by atoms with Gasteiger partial charge in [-0.1, -0.05) is 18.1 Å². The van der Waals surface area contributed by atoms with Crippen molar-refractivity contribution in [1.82, 2.24) is 24.8 Å². The second-order valence-corrected chi connectivity index (χ2v) is 8.28. The fraction of sp³-hybridized carbons (Fsp3) is 0.391. The van der Waals surface area contributed by atoms with Gasteiger partial charge in [0.25, 0.3) is 0 Å². The van der Waals surface area contributed by atoms with Gasteiger partial charge in [0.15, 0.2) is 17.0 Å². The second kappa shape index (κ2) is 7.72. The first-order valence-electron chi connectivity index (χ1n) is 10.6. The first-order valence-corrected chi connectivity index (χ1v) is 10.6. The number of rotatable bonds is 4. The average Bonchev–Trinajstić information content (AvgIpc) is 3.38. The normalized spacial score (nSPS) is 27.4. The molecule has 33 heavy (non-hydrogen) atoms. The van der Waals surface area contributed by atoms with E-state index in [-0.39, 0.29) is 17.6 Å². The quantitative estimate of drug-likeness (QED) is 0.419. The fourth-order valence-corrected chi connectivity index (χ4v) is 5.02. The number of ether oxygens (including phenoxy) is 1. The topological polar surface area (TPSA) is 134 Å². The summed E-state index contributed by atoms with van der Waals surface area (Å²) < 4.78 is 7.07. The van der Waals surface area contributed by atoms with Gasteiger partial charge in [-0.25, -0.2) is 15.0 Å². The number of benzene rings is 1. The number of aliphatic hydroxyl groups is 2. The van der Waals surface area contributed by atoms with Crippen molar-refractivity contribution < 1.29 is 19.7 Å². The maximum Gasteiger partial charge on any atom is 0.229 e. The van der Waals surface area contributed by atoms with E-state index in [9.17, 15) is 15.0 Å². The summed E-state index contributed by atoms with van der Waals surface area (Å²) in [6.07, 6.45) is -0.245. The van der Waals surface area contributed by atoms with Crippen molar-refractivity contribution in [2.75, 3.05) is 26.5 Å². The second-order valence-electron chi connectivity index (χ2n) is 8.28. The first kappa shape index (κ1) is 21.2. The van der Waals surface area contributed by atoms with Gasteiger partial charge in [-0.2, -0.15) is 0 Å². The lowest BCUT2D eigenvalue weighted by molar-refractivity contribution is -0.132. The van der Waals surface area contributed by atoms with Gasteiger partial charge >= 0.3 is 0 Å². The lowest BCUT2D eigenvalue weighted by Gasteiger charge is -2.23. The minimum Gasteiger partial charge on any atom is -0.495 e. The average molecular weight is 448 g/mol. The number of methoxy groups -OCH3 is 1. The standard InChI is InChI=1S/C23H24N6O4/c1-24-20-16-21(28-15(27-20)9-8-12-6-4-5-7-14(12)33-3)29(11-26-16)17-13-10-23(13,22(32)25-2)19(31)18(17)30/h4-7,11,13,17-19,30-31H,10H2,1-3H3,(H,25,32)(H,24,27,28)/t13?,17-,18+,19?,23-/m1/s1. The highest BCUT2D eigenvalue weighted by Gasteiger charge is 2.75. The zero-order valence-electron chi connectivity index (χ0n) is 18.4. The number of nitrogens with one attached hydrogen (secondary N) is 2. The molecule has 2 unspecified atom stereocenters. The summed E-state index contributed by atoms with van der Waals surface area (Å²) in [4.78, 5) is 26.0. The number of imidazole rings is 1. The molecule has 0 saturated heterocycles. The number of fused-ring (bicyclic) bond motifs is 2. The molecule has 10 heteroatoms. The van der Waals surface area contributed by atoms with Crippen LogP contribution in [0.15, 0.2) is 30.6 Å². The number of para-hydroxylation sites is 1. The van der Waals surface area contributed by atoms with Gasteiger partial charge in [0.1, 0.15) is 11.9 Å². The molecule has 0 radical (unpaired) electrons. The van der Waals surface area contributed by atoms with Crippen molar-refractivity contribution in [3.63, 3.8) is 0 Å². The van der Waals surface area contributed by atoms with Gasteiger partial charge in [-0.05, 0) is 24.5 Å². The Morgan fingerprint density at radius 2 is 2.03 bits per heavy atom.